The first-order chi connectivity index (χ1) is 14.6. The Hall–Kier alpha value is -3.69. The van der Waals surface area contributed by atoms with Crippen LogP contribution >= 0.6 is 0 Å². The van der Waals surface area contributed by atoms with Crippen molar-refractivity contribution < 1.29 is 44.2 Å². The first-order valence-electron chi connectivity index (χ1n) is 8.08. The van der Waals surface area contributed by atoms with Gasteiger partial charge in [0, 0.05) is 11.8 Å². The zero-order valence-electron chi connectivity index (χ0n) is 15.1. The molecule has 32 heavy (non-hydrogen) atoms. The van der Waals surface area contributed by atoms with E-state index in [-0.39, 0.29) is 16.7 Å². The van der Waals surface area contributed by atoms with Crippen molar-refractivity contribution in [3.05, 3.63) is 57.1 Å². The van der Waals surface area contributed by atoms with E-state index in [1.807, 2.05) is 14.7 Å². The highest BCUT2D eigenvalue weighted by Crippen LogP contribution is 2.33. The summed E-state index contributed by atoms with van der Waals surface area (Å²) < 4.78 is 110. The van der Waals surface area contributed by atoms with Crippen molar-refractivity contribution in [1.82, 2.24) is 9.97 Å². The first-order valence-corrected chi connectivity index (χ1v) is 9.56. The molecular formula is C16H9F6N3O6S. The van der Waals surface area contributed by atoms with Crippen LogP contribution in [-0.4, -0.2) is 31.1 Å². The number of hydrogen-bond acceptors (Lipinski definition) is 6. The van der Waals surface area contributed by atoms with Gasteiger partial charge < -0.3 is 19.4 Å². The molecule has 172 valence electrons. The molecule has 9 nitrogen and oxygen atoms in total. The van der Waals surface area contributed by atoms with Gasteiger partial charge >= 0.3 is 23.8 Å². The lowest BCUT2D eigenvalue weighted by Gasteiger charge is -2.16. The summed E-state index contributed by atoms with van der Waals surface area (Å²) in [6.45, 7) is 0. The maximum atomic E-state index is 12.8. The van der Waals surface area contributed by atoms with Crippen molar-refractivity contribution in [1.29, 1.82) is 0 Å². The highest BCUT2D eigenvalue weighted by molar-refractivity contribution is 7.92. The molecule has 1 heterocycles. The van der Waals surface area contributed by atoms with Gasteiger partial charge in [0.1, 0.15) is 10.6 Å². The molecular weight excluding hydrogens is 476 g/mol. The lowest BCUT2D eigenvalue weighted by atomic mass is 10.3. The second-order valence-corrected chi connectivity index (χ2v) is 7.63. The van der Waals surface area contributed by atoms with Gasteiger partial charge in [0.25, 0.3) is 10.0 Å². The topological polar surface area (TPSA) is 130 Å². The number of rotatable bonds is 5. The lowest BCUT2D eigenvalue weighted by molar-refractivity contribution is -0.276. The van der Waals surface area contributed by atoms with Crippen molar-refractivity contribution >= 4 is 26.7 Å². The molecule has 0 bridgehead atoms. The smallest absolute Gasteiger partial charge is 0.406 e. The third-order valence-corrected chi connectivity index (χ3v) is 5.04. The molecule has 0 atom stereocenters. The van der Waals surface area contributed by atoms with Gasteiger partial charge in [0.15, 0.2) is 5.75 Å². The Bertz CT molecular complexity index is 1380. The van der Waals surface area contributed by atoms with E-state index in [1.165, 1.54) is 0 Å². The van der Waals surface area contributed by atoms with E-state index < -0.39 is 50.3 Å². The summed E-state index contributed by atoms with van der Waals surface area (Å²) in [6, 6.07) is 4.40. The summed E-state index contributed by atoms with van der Waals surface area (Å²) >= 11 is 0. The average Bonchev–Trinajstić information content (AvgIpc) is 2.61. The molecule has 0 fully saturated rings. The number of hydrogen-bond donors (Lipinski definition) is 3. The molecule has 0 spiro atoms. The molecule has 3 aromatic rings. The van der Waals surface area contributed by atoms with Crippen LogP contribution < -0.4 is 25.3 Å². The summed E-state index contributed by atoms with van der Waals surface area (Å²) in [5, 5.41) is 0. The summed E-state index contributed by atoms with van der Waals surface area (Å²) in [5.41, 5.74) is -3.42. The number of anilines is 1. The average molecular weight is 485 g/mol. The molecule has 0 saturated heterocycles. The van der Waals surface area contributed by atoms with Gasteiger partial charge in [0.2, 0.25) is 0 Å². The molecule has 0 radical (unpaired) electrons. The monoisotopic (exact) mass is 485 g/mol. The summed E-state index contributed by atoms with van der Waals surface area (Å²) in [6.07, 6.45) is -10.3. The van der Waals surface area contributed by atoms with Crippen molar-refractivity contribution in [2.45, 2.75) is 17.6 Å². The molecule has 0 amide bonds. The van der Waals surface area contributed by atoms with Gasteiger partial charge in [0.05, 0.1) is 11.0 Å². The fraction of sp³-hybridized carbons (Fsp3) is 0.125. The molecule has 0 unspecified atom stereocenters. The first kappa shape index (κ1) is 23.0. The molecule has 0 aliphatic rings. The molecule has 2 aromatic carbocycles. The number of nitrogens with one attached hydrogen (secondary N) is 3. The second-order valence-electron chi connectivity index (χ2n) is 5.98. The van der Waals surface area contributed by atoms with Crippen LogP contribution in [0, 0.1) is 0 Å². The van der Waals surface area contributed by atoms with Crippen molar-refractivity contribution in [3.8, 4) is 11.5 Å². The minimum atomic E-state index is -5.32. The van der Waals surface area contributed by atoms with Crippen LogP contribution in [-0.2, 0) is 10.0 Å². The second kappa shape index (κ2) is 7.77. The number of ether oxygens (including phenoxy) is 2. The van der Waals surface area contributed by atoms with Crippen LogP contribution in [0.25, 0.3) is 11.0 Å². The highest BCUT2D eigenvalue weighted by atomic mass is 32.2. The van der Waals surface area contributed by atoms with Gasteiger partial charge in [-0.3, -0.25) is 14.3 Å². The Morgan fingerprint density at radius 1 is 0.781 bits per heavy atom. The number of halogens is 6. The number of fused-ring (bicyclic) bond motifs is 1. The van der Waals surface area contributed by atoms with Crippen LogP contribution in [0.2, 0.25) is 0 Å². The summed E-state index contributed by atoms with van der Waals surface area (Å²) in [5.74, 6) is -1.91. The van der Waals surface area contributed by atoms with E-state index in [9.17, 15) is 44.3 Å². The number of sulfonamides is 1. The van der Waals surface area contributed by atoms with E-state index in [0.717, 1.165) is 24.3 Å². The number of H-pyrrole nitrogens is 2. The Labute approximate surface area is 172 Å². The summed E-state index contributed by atoms with van der Waals surface area (Å²) in [4.78, 5) is 25.7. The van der Waals surface area contributed by atoms with Gasteiger partial charge in [-0.15, -0.1) is 26.3 Å². The fourth-order valence-corrected chi connectivity index (χ4v) is 3.67. The van der Waals surface area contributed by atoms with Crippen molar-refractivity contribution in [2.75, 3.05) is 4.72 Å². The van der Waals surface area contributed by atoms with Crippen molar-refractivity contribution in [2.24, 2.45) is 0 Å². The van der Waals surface area contributed by atoms with Gasteiger partial charge in [-0.1, -0.05) is 0 Å². The normalized spacial score (nSPS) is 12.6. The van der Waals surface area contributed by atoms with Crippen LogP contribution in [0.5, 0.6) is 11.5 Å². The maximum Gasteiger partial charge on any atom is 0.573 e. The quantitative estimate of drug-likeness (QED) is 0.377. The molecule has 16 heteroatoms. The van der Waals surface area contributed by atoms with E-state index in [1.54, 1.807) is 0 Å². The van der Waals surface area contributed by atoms with E-state index in [0.29, 0.717) is 12.1 Å². The van der Waals surface area contributed by atoms with E-state index >= 15 is 0 Å². The van der Waals surface area contributed by atoms with Gasteiger partial charge in [-0.05, 0) is 30.3 Å². The molecule has 0 aliphatic carbocycles. The van der Waals surface area contributed by atoms with Gasteiger partial charge in [-0.2, -0.15) is 0 Å². The van der Waals surface area contributed by atoms with E-state index in [4.69, 9.17) is 0 Å². The fourth-order valence-electron chi connectivity index (χ4n) is 2.47. The standard InChI is InChI=1S/C16H9F6N3O6S/c17-15(18,19)30-8-3-1-7(2-4-8)25-32(28,29)12-6-10-9(23-13(26)14(27)24-10)5-11(12)31-16(20,21)22/h1-6,25H,(H,23,26)(H,24,27). The van der Waals surface area contributed by atoms with Gasteiger partial charge in [-0.25, -0.2) is 8.42 Å². The van der Waals surface area contributed by atoms with Crippen LogP contribution in [0.3, 0.4) is 0 Å². The Balaban J connectivity index is 2.05. The number of aromatic amines is 2. The predicted molar refractivity (Wildman–Crippen MR) is 95.8 cm³/mol. The Kier molecular flexibility index (Phi) is 5.58. The SMILES string of the molecule is O=c1[nH]c2cc(OC(F)(F)F)c(S(=O)(=O)Nc3ccc(OC(F)(F)F)cc3)cc2[nH]c1=O. The number of alkyl halides is 6. The minimum Gasteiger partial charge on any atom is -0.406 e. The predicted octanol–water partition coefficient (Wildman–Crippen LogP) is 2.81. The number of benzene rings is 2. The van der Waals surface area contributed by atoms with Crippen LogP contribution in [0.15, 0.2) is 50.9 Å². The third-order valence-electron chi connectivity index (χ3n) is 3.64. The molecule has 0 aliphatic heterocycles. The Morgan fingerprint density at radius 3 is 1.78 bits per heavy atom. The molecule has 1 aromatic heterocycles. The van der Waals surface area contributed by atoms with E-state index in [2.05, 4.69) is 9.47 Å². The minimum absolute atomic E-state index is 0.326. The molecule has 3 rings (SSSR count). The van der Waals surface area contributed by atoms with Crippen molar-refractivity contribution in [3.63, 3.8) is 0 Å². The lowest BCUT2D eigenvalue weighted by Crippen LogP contribution is -2.29. The van der Waals surface area contributed by atoms with Crippen LogP contribution in [0.1, 0.15) is 0 Å². The molecule has 0 saturated carbocycles. The summed E-state index contributed by atoms with van der Waals surface area (Å²) in [7, 11) is -4.83. The largest absolute Gasteiger partial charge is 0.573 e. The van der Waals surface area contributed by atoms with Crippen LogP contribution in [0.4, 0.5) is 32.0 Å². The highest BCUT2D eigenvalue weighted by Gasteiger charge is 2.35. The number of aromatic nitrogens is 2. The maximum absolute atomic E-state index is 12.8. The molecule has 3 N–H and O–H groups in total. The zero-order valence-corrected chi connectivity index (χ0v) is 15.9. The third kappa shape index (κ3) is 5.51. The Morgan fingerprint density at radius 2 is 1.28 bits per heavy atom. The zero-order chi connectivity index (χ0) is 23.9.